The third-order valence-electron chi connectivity index (χ3n) is 3.82. The molecule has 0 saturated carbocycles. The Labute approximate surface area is 123 Å². The second-order valence-electron chi connectivity index (χ2n) is 4.91. The lowest BCUT2D eigenvalue weighted by Gasteiger charge is -2.10. The average Bonchev–Trinajstić information content (AvgIpc) is 2.78. The van der Waals surface area contributed by atoms with Gasteiger partial charge in [-0.1, -0.05) is 24.3 Å². The summed E-state index contributed by atoms with van der Waals surface area (Å²) in [5.41, 5.74) is 9.45. The maximum atomic E-state index is 6.30. The van der Waals surface area contributed by atoms with Crippen LogP contribution < -0.4 is 15.2 Å². The normalized spacial score (nSPS) is 10.8. The Balaban J connectivity index is 2.28. The van der Waals surface area contributed by atoms with Crippen LogP contribution in [0.5, 0.6) is 11.5 Å². The van der Waals surface area contributed by atoms with Crippen LogP contribution in [0.25, 0.3) is 22.0 Å². The van der Waals surface area contributed by atoms with Crippen LogP contribution in [0.1, 0.15) is 0 Å². The van der Waals surface area contributed by atoms with Gasteiger partial charge in [0, 0.05) is 23.5 Å². The van der Waals surface area contributed by atoms with E-state index in [0.717, 1.165) is 27.8 Å². The molecule has 0 spiro atoms. The molecule has 0 amide bonds. The number of rotatable bonds is 3. The lowest BCUT2D eigenvalue weighted by atomic mass is 10.0. The predicted octanol–water partition coefficient (Wildman–Crippen LogP) is 3.44. The summed E-state index contributed by atoms with van der Waals surface area (Å²) >= 11 is 0. The summed E-state index contributed by atoms with van der Waals surface area (Å²) in [4.78, 5) is 0. The minimum Gasteiger partial charge on any atom is -0.493 e. The quantitative estimate of drug-likeness (QED) is 0.800. The van der Waals surface area contributed by atoms with Crippen LogP contribution >= 0.6 is 0 Å². The van der Waals surface area contributed by atoms with E-state index in [-0.39, 0.29) is 0 Å². The number of hydrogen-bond acceptors (Lipinski definition) is 3. The second-order valence-corrected chi connectivity index (χ2v) is 4.91. The molecule has 2 N–H and O–H groups in total. The van der Waals surface area contributed by atoms with Crippen molar-refractivity contribution in [3.05, 3.63) is 42.5 Å². The van der Waals surface area contributed by atoms with Gasteiger partial charge < -0.3 is 19.8 Å². The number of hydrogen-bond donors (Lipinski definition) is 1. The van der Waals surface area contributed by atoms with Crippen molar-refractivity contribution in [3.8, 4) is 22.6 Å². The molecule has 4 heteroatoms. The minimum absolute atomic E-state index is 0.697. The summed E-state index contributed by atoms with van der Waals surface area (Å²) in [6, 6.07) is 14.0. The highest BCUT2D eigenvalue weighted by atomic mass is 16.5. The zero-order chi connectivity index (χ0) is 15.0. The van der Waals surface area contributed by atoms with E-state index in [2.05, 4.69) is 12.1 Å². The SMILES string of the molecule is COc1ccc(-c2c(N)n(C)c3ccccc23)cc1OC. The van der Waals surface area contributed by atoms with Crippen LogP contribution in [-0.4, -0.2) is 18.8 Å². The summed E-state index contributed by atoms with van der Waals surface area (Å²) in [5, 5.41) is 1.13. The molecule has 1 heterocycles. The lowest BCUT2D eigenvalue weighted by Crippen LogP contribution is -1.97. The average molecular weight is 282 g/mol. The molecule has 0 aliphatic heterocycles. The third-order valence-corrected chi connectivity index (χ3v) is 3.82. The number of aromatic nitrogens is 1. The molecule has 0 radical (unpaired) electrons. The zero-order valence-electron chi connectivity index (χ0n) is 12.4. The second kappa shape index (κ2) is 5.05. The van der Waals surface area contributed by atoms with E-state index in [1.807, 2.05) is 41.9 Å². The number of nitrogens with two attached hydrogens (primary N) is 1. The van der Waals surface area contributed by atoms with E-state index >= 15 is 0 Å². The van der Waals surface area contributed by atoms with Crippen molar-refractivity contribution in [2.24, 2.45) is 7.05 Å². The van der Waals surface area contributed by atoms with Crippen molar-refractivity contribution < 1.29 is 9.47 Å². The first-order chi connectivity index (χ1) is 10.2. The van der Waals surface area contributed by atoms with Crippen LogP contribution in [0.4, 0.5) is 5.82 Å². The molecule has 21 heavy (non-hydrogen) atoms. The van der Waals surface area contributed by atoms with E-state index in [1.54, 1.807) is 14.2 Å². The standard InChI is InChI=1S/C17H18N2O2/c1-19-13-7-5-4-6-12(13)16(17(19)18)11-8-9-14(20-2)15(10-11)21-3/h4-10H,18H2,1-3H3. The fraction of sp³-hybridized carbons (Fsp3) is 0.176. The van der Waals surface area contributed by atoms with Crippen molar-refractivity contribution >= 4 is 16.7 Å². The van der Waals surface area contributed by atoms with Crippen molar-refractivity contribution in [2.45, 2.75) is 0 Å². The van der Waals surface area contributed by atoms with Crippen LogP contribution in [0.2, 0.25) is 0 Å². The Kier molecular flexibility index (Phi) is 3.22. The smallest absolute Gasteiger partial charge is 0.161 e. The summed E-state index contributed by atoms with van der Waals surface area (Å²) in [6.07, 6.45) is 0. The minimum atomic E-state index is 0.697. The summed E-state index contributed by atoms with van der Waals surface area (Å²) in [7, 11) is 5.24. The Morgan fingerprint density at radius 1 is 0.952 bits per heavy atom. The molecule has 0 aliphatic rings. The van der Waals surface area contributed by atoms with Gasteiger partial charge >= 0.3 is 0 Å². The maximum Gasteiger partial charge on any atom is 0.161 e. The zero-order valence-corrected chi connectivity index (χ0v) is 12.4. The summed E-state index contributed by atoms with van der Waals surface area (Å²) in [6.45, 7) is 0. The van der Waals surface area contributed by atoms with E-state index in [4.69, 9.17) is 15.2 Å². The van der Waals surface area contributed by atoms with Gasteiger partial charge in [0.15, 0.2) is 11.5 Å². The lowest BCUT2D eigenvalue weighted by molar-refractivity contribution is 0.355. The first-order valence-electron chi connectivity index (χ1n) is 6.72. The highest BCUT2D eigenvalue weighted by Gasteiger charge is 2.15. The van der Waals surface area contributed by atoms with Crippen molar-refractivity contribution in [1.82, 2.24) is 4.57 Å². The molecule has 0 fully saturated rings. The molecule has 0 aliphatic carbocycles. The largest absolute Gasteiger partial charge is 0.493 e. The van der Waals surface area contributed by atoms with E-state index < -0.39 is 0 Å². The van der Waals surface area contributed by atoms with Gasteiger partial charge in [-0.2, -0.15) is 0 Å². The fourth-order valence-electron chi connectivity index (χ4n) is 2.71. The van der Waals surface area contributed by atoms with E-state index in [0.29, 0.717) is 11.5 Å². The van der Waals surface area contributed by atoms with Gasteiger partial charge in [0.25, 0.3) is 0 Å². The summed E-state index contributed by atoms with van der Waals surface area (Å²) in [5.74, 6) is 2.14. The van der Waals surface area contributed by atoms with Gasteiger partial charge in [0.1, 0.15) is 5.82 Å². The third kappa shape index (κ3) is 2.00. The van der Waals surface area contributed by atoms with Crippen LogP contribution in [0.3, 0.4) is 0 Å². The Morgan fingerprint density at radius 3 is 2.38 bits per heavy atom. The number of ether oxygens (including phenoxy) is 2. The fourth-order valence-corrected chi connectivity index (χ4v) is 2.71. The monoisotopic (exact) mass is 282 g/mol. The molecule has 0 bridgehead atoms. The van der Waals surface area contributed by atoms with Crippen LogP contribution in [0, 0.1) is 0 Å². The van der Waals surface area contributed by atoms with Crippen LogP contribution in [0.15, 0.2) is 42.5 Å². The number of benzene rings is 2. The van der Waals surface area contributed by atoms with Gasteiger partial charge in [0.05, 0.1) is 14.2 Å². The number of para-hydroxylation sites is 1. The molecule has 0 atom stereocenters. The molecular formula is C17H18N2O2. The Hall–Kier alpha value is -2.62. The Morgan fingerprint density at radius 2 is 1.67 bits per heavy atom. The van der Waals surface area contributed by atoms with Crippen molar-refractivity contribution in [3.63, 3.8) is 0 Å². The molecule has 3 rings (SSSR count). The molecule has 3 aromatic rings. The highest BCUT2D eigenvalue weighted by Crippen LogP contribution is 2.39. The molecular weight excluding hydrogens is 264 g/mol. The molecule has 0 unspecified atom stereocenters. The Bertz CT molecular complexity index is 806. The first kappa shape index (κ1) is 13.4. The van der Waals surface area contributed by atoms with Gasteiger partial charge in [-0.25, -0.2) is 0 Å². The number of fused-ring (bicyclic) bond motifs is 1. The number of methoxy groups -OCH3 is 2. The van der Waals surface area contributed by atoms with Crippen LogP contribution in [-0.2, 0) is 7.05 Å². The van der Waals surface area contributed by atoms with E-state index in [9.17, 15) is 0 Å². The first-order valence-corrected chi connectivity index (χ1v) is 6.72. The van der Waals surface area contributed by atoms with Gasteiger partial charge in [-0.15, -0.1) is 0 Å². The molecule has 2 aromatic carbocycles. The van der Waals surface area contributed by atoms with Gasteiger partial charge in [0.2, 0.25) is 0 Å². The molecule has 0 saturated heterocycles. The maximum absolute atomic E-state index is 6.30. The predicted molar refractivity (Wildman–Crippen MR) is 85.9 cm³/mol. The van der Waals surface area contributed by atoms with Gasteiger partial charge in [-0.3, -0.25) is 0 Å². The molecule has 1 aromatic heterocycles. The number of nitrogen functional groups attached to an aromatic ring is 1. The number of aryl methyl sites for hydroxylation is 1. The topological polar surface area (TPSA) is 49.4 Å². The highest BCUT2D eigenvalue weighted by molar-refractivity contribution is 6.02. The molecule has 4 nitrogen and oxygen atoms in total. The van der Waals surface area contributed by atoms with Gasteiger partial charge in [-0.05, 0) is 23.8 Å². The van der Waals surface area contributed by atoms with E-state index in [1.165, 1.54) is 0 Å². The van der Waals surface area contributed by atoms with Crippen molar-refractivity contribution in [1.29, 1.82) is 0 Å². The summed E-state index contributed by atoms with van der Waals surface area (Å²) < 4.78 is 12.7. The number of nitrogens with zero attached hydrogens (tertiary/aromatic N) is 1. The number of anilines is 1. The molecule has 108 valence electrons. The van der Waals surface area contributed by atoms with Crippen molar-refractivity contribution in [2.75, 3.05) is 20.0 Å².